The zero-order chi connectivity index (χ0) is 28.1. The van der Waals surface area contributed by atoms with E-state index in [4.69, 9.17) is 9.72 Å². The van der Waals surface area contributed by atoms with E-state index in [1.807, 2.05) is 46.0 Å². The van der Waals surface area contributed by atoms with Crippen LogP contribution in [0.5, 0.6) is 5.75 Å². The van der Waals surface area contributed by atoms with Crippen LogP contribution in [0.15, 0.2) is 42.7 Å². The summed E-state index contributed by atoms with van der Waals surface area (Å²) in [6, 6.07) is 12.1. The van der Waals surface area contributed by atoms with E-state index in [9.17, 15) is 18.5 Å². The molecule has 212 valence electrons. The Kier molecular flexibility index (Phi) is 8.54. The van der Waals surface area contributed by atoms with Gasteiger partial charge in [0.15, 0.2) is 0 Å². The van der Waals surface area contributed by atoms with Crippen molar-refractivity contribution in [2.24, 2.45) is 11.8 Å². The molecule has 2 aliphatic rings. The molecule has 11 heteroatoms. The number of rotatable bonds is 9. The van der Waals surface area contributed by atoms with Gasteiger partial charge in [-0.3, -0.25) is 4.79 Å². The molecule has 3 aromatic rings. The molecule has 1 N–H and O–H groups in total. The number of hydrogen-bond acceptors (Lipinski definition) is 8. The highest BCUT2D eigenvalue weighted by atomic mass is 32.2. The molecule has 0 spiro atoms. The number of likely N-dealkylation sites (tertiary alicyclic amines) is 1. The normalized spacial score (nSPS) is 21.6. The Labute approximate surface area is 235 Å². The number of nitrogens with one attached hydrogen (secondary N) is 1. The fourth-order valence-electron chi connectivity index (χ4n) is 5.73. The van der Waals surface area contributed by atoms with Gasteiger partial charge in [-0.15, -0.1) is 0 Å². The summed E-state index contributed by atoms with van der Waals surface area (Å²) < 4.78 is 30.7. The van der Waals surface area contributed by atoms with Crippen molar-refractivity contribution in [2.75, 3.05) is 37.0 Å². The van der Waals surface area contributed by atoms with Gasteiger partial charge >= 0.3 is 0 Å². The van der Waals surface area contributed by atoms with Gasteiger partial charge in [-0.1, -0.05) is 6.07 Å². The summed E-state index contributed by atoms with van der Waals surface area (Å²) in [4.78, 5) is 24.1. The summed E-state index contributed by atoms with van der Waals surface area (Å²) in [6.45, 7) is 1.66. The van der Waals surface area contributed by atoms with Crippen LogP contribution in [0.1, 0.15) is 44.9 Å². The average molecular weight is 565 g/mol. The highest BCUT2D eigenvalue weighted by Gasteiger charge is 2.32. The molecule has 40 heavy (non-hydrogen) atoms. The van der Waals surface area contributed by atoms with Crippen LogP contribution in [0.3, 0.4) is 0 Å². The zero-order valence-corrected chi connectivity index (χ0v) is 23.6. The van der Waals surface area contributed by atoms with Crippen molar-refractivity contribution in [3.05, 3.63) is 42.7 Å². The van der Waals surface area contributed by atoms with Crippen molar-refractivity contribution in [3.8, 4) is 17.6 Å². The summed E-state index contributed by atoms with van der Waals surface area (Å²) in [7, 11) is -3.01. The van der Waals surface area contributed by atoms with E-state index >= 15 is 0 Å². The van der Waals surface area contributed by atoms with Crippen molar-refractivity contribution in [2.45, 2.75) is 51.0 Å². The largest absolute Gasteiger partial charge is 0.493 e. The third kappa shape index (κ3) is 6.73. The number of fused-ring (bicyclic) bond motifs is 1. The quantitative estimate of drug-likeness (QED) is 0.387. The van der Waals surface area contributed by atoms with Crippen molar-refractivity contribution >= 4 is 32.6 Å². The molecule has 1 atom stereocenters. The van der Waals surface area contributed by atoms with E-state index in [0.717, 1.165) is 61.8 Å². The smallest absolute Gasteiger partial charge is 0.225 e. The number of benzene rings is 1. The van der Waals surface area contributed by atoms with Crippen LogP contribution in [0.4, 0.5) is 5.95 Å². The number of carbonyl (C=O) groups is 1. The number of amides is 1. The Balaban J connectivity index is 1.19. The number of piperidine rings is 1. The summed E-state index contributed by atoms with van der Waals surface area (Å²) in [5.74, 6) is 2.27. The lowest BCUT2D eigenvalue weighted by atomic mass is 9.84. The molecule has 1 aliphatic carbocycles. The topological polar surface area (TPSA) is 130 Å². The van der Waals surface area contributed by atoms with Crippen LogP contribution < -0.4 is 10.1 Å². The van der Waals surface area contributed by atoms with Gasteiger partial charge in [-0.2, -0.15) is 10.2 Å². The molecule has 0 bridgehead atoms. The Bertz CT molecular complexity index is 1490. The van der Waals surface area contributed by atoms with Crippen LogP contribution in [0.25, 0.3) is 16.7 Å². The fraction of sp³-hybridized carbons (Fsp3) is 0.517. The minimum atomic E-state index is -3.01. The first-order chi connectivity index (χ1) is 19.3. The van der Waals surface area contributed by atoms with Crippen molar-refractivity contribution in [1.82, 2.24) is 19.4 Å². The molecule has 1 aliphatic heterocycles. The van der Waals surface area contributed by atoms with Crippen LogP contribution in [-0.4, -0.2) is 71.5 Å². The van der Waals surface area contributed by atoms with E-state index in [-0.39, 0.29) is 29.5 Å². The molecule has 2 aromatic heterocycles. The number of nitriles is 1. The Morgan fingerprint density at radius 2 is 2.00 bits per heavy atom. The van der Waals surface area contributed by atoms with Gasteiger partial charge in [0.25, 0.3) is 0 Å². The van der Waals surface area contributed by atoms with Crippen molar-refractivity contribution < 1.29 is 17.9 Å². The van der Waals surface area contributed by atoms with Crippen molar-refractivity contribution in [1.29, 1.82) is 5.26 Å². The molecule has 5 rings (SSSR count). The monoisotopic (exact) mass is 564 g/mol. The van der Waals surface area contributed by atoms with Gasteiger partial charge in [0, 0.05) is 49.1 Å². The van der Waals surface area contributed by atoms with Gasteiger partial charge in [-0.05, 0) is 69.2 Å². The number of hydrogen-bond donors (Lipinski definition) is 1. The van der Waals surface area contributed by atoms with E-state index in [0.29, 0.717) is 31.3 Å². The molecule has 0 radical (unpaired) electrons. The highest BCUT2D eigenvalue weighted by molar-refractivity contribution is 7.90. The predicted octanol–water partition coefficient (Wildman–Crippen LogP) is 3.97. The summed E-state index contributed by atoms with van der Waals surface area (Å²) >= 11 is 0. The summed E-state index contributed by atoms with van der Waals surface area (Å²) in [5, 5.41) is 13.6. The molecule has 1 saturated carbocycles. The third-order valence-electron chi connectivity index (χ3n) is 7.82. The van der Waals surface area contributed by atoms with Gasteiger partial charge < -0.3 is 19.5 Å². The van der Waals surface area contributed by atoms with Crippen molar-refractivity contribution in [3.63, 3.8) is 0 Å². The van der Waals surface area contributed by atoms with Crippen LogP contribution in [-0.2, 0) is 14.6 Å². The summed E-state index contributed by atoms with van der Waals surface area (Å²) in [5.41, 5.74) is 0.931. The lowest BCUT2D eigenvalue weighted by molar-refractivity contribution is -0.138. The molecular formula is C29H36N6O4S. The number of anilines is 1. The molecule has 1 saturated heterocycles. The van der Waals surface area contributed by atoms with Crippen LogP contribution in [0, 0.1) is 23.2 Å². The molecule has 3 heterocycles. The number of aromatic nitrogens is 3. The summed E-state index contributed by atoms with van der Waals surface area (Å²) in [6.07, 6.45) is 10.5. The van der Waals surface area contributed by atoms with E-state index in [1.54, 1.807) is 6.20 Å². The first-order valence-corrected chi connectivity index (χ1v) is 16.1. The number of carbonyl (C=O) groups excluding carboxylic acids is 1. The number of ether oxygens (including phenoxy) is 1. The van der Waals surface area contributed by atoms with Gasteiger partial charge in [0.05, 0.1) is 29.9 Å². The van der Waals surface area contributed by atoms with E-state index in [1.165, 1.54) is 6.26 Å². The lowest BCUT2D eigenvalue weighted by Crippen LogP contribution is -2.44. The SMILES string of the molecule is CS(=O)(=O)CCCOc1cccc2c1ccn2-c1ccnc(NC2CCC(C(=O)N3CCCC(C#N)C3)CC2)n1. The molecule has 2 fully saturated rings. The fourth-order valence-corrected chi connectivity index (χ4v) is 6.37. The Hall–Kier alpha value is -3.65. The standard InChI is InChI=1S/C29H36N6O4S/c1-40(37,38)18-4-17-39-26-7-2-6-25-24(26)13-16-35(25)27-12-14-31-29(33-27)32-23-10-8-22(9-11-23)28(36)34-15-3-5-21(19-30)20-34/h2,6-7,12-14,16,21-23H,3-5,8-11,15,17-18,20H2,1H3,(H,31,32,33). The molecule has 1 aromatic carbocycles. The molecule has 1 unspecified atom stereocenters. The third-order valence-corrected chi connectivity index (χ3v) is 8.85. The second-order valence-corrected chi connectivity index (χ2v) is 13.2. The van der Waals surface area contributed by atoms with Crippen LogP contribution in [0.2, 0.25) is 0 Å². The predicted molar refractivity (Wildman–Crippen MR) is 153 cm³/mol. The number of sulfone groups is 1. The maximum absolute atomic E-state index is 13.0. The molecule has 10 nitrogen and oxygen atoms in total. The van der Waals surface area contributed by atoms with Crippen LogP contribution >= 0.6 is 0 Å². The second kappa shape index (κ2) is 12.3. The average Bonchev–Trinajstić information content (AvgIpc) is 3.40. The van der Waals surface area contributed by atoms with Gasteiger partial charge in [-0.25, -0.2) is 13.4 Å². The minimum absolute atomic E-state index is 0.0248. The maximum Gasteiger partial charge on any atom is 0.225 e. The van der Waals surface area contributed by atoms with E-state index in [2.05, 4.69) is 16.4 Å². The Morgan fingerprint density at radius 3 is 2.77 bits per heavy atom. The molecular weight excluding hydrogens is 528 g/mol. The lowest BCUT2D eigenvalue weighted by Gasteiger charge is -2.35. The highest BCUT2D eigenvalue weighted by Crippen LogP contribution is 2.31. The number of nitrogens with zero attached hydrogens (tertiary/aromatic N) is 5. The minimum Gasteiger partial charge on any atom is -0.493 e. The Morgan fingerprint density at radius 1 is 1.18 bits per heavy atom. The zero-order valence-electron chi connectivity index (χ0n) is 22.8. The first kappa shape index (κ1) is 27.9. The van der Waals surface area contributed by atoms with Gasteiger partial charge in [0.1, 0.15) is 21.4 Å². The van der Waals surface area contributed by atoms with Gasteiger partial charge in [0.2, 0.25) is 11.9 Å². The maximum atomic E-state index is 13.0. The second-order valence-electron chi connectivity index (χ2n) is 10.9. The first-order valence-electron chi connectivity index (χ1n) is 14.0. The molecule has 1 amide bonds. The van der Waals surface area contributed by atoms with E-state index < -0.39 is 9.84 Å².